The summed E-state index contributed by atoms with van der Waals surface area (Å²) in [7, 11) is 0. The van der Waals surface area contributed by atoms with Gasteiger partial charge in [0.05, 0.1) is 19.4 Å². The highest BCUT2D eigenvalue weighted by Gasteiger charge is 2.26. The quantitative estimate of drug-likeness (QED) is 0.673. The number of benzene rings is 1. The van der Waals surface area contributed by atoms with Crippen molar-refractivity contribution in [3.63, 3.8) is 0 Å². The molecule has 0 bridgehead atoms. The van der Waals surface area contributed by atoms with Crippen molar-refractivity contribution >= 4 is 16.6 Å². The van der Waals surface area contributed by atoms with E-state index in [4.69, 9.17) is 9.15 Å². The van der Waals surface area contributed by atoms with E-state index in [9.17, 15) is 0 Å². The molecule has 2 aliphatic rings. The first-order valence-corrected chi connectivity index (χ1v) is 11.1. The number of nitrogens with one attached hydrogen (secondary N) is 1. The molecule has 0 spiro atoms. The van der Waals surface area contributed by atoms with Gasteiger partial charge in [-0.2, -0.15) is 0 Å². The molecule has 0 radical (unpaired) electrons. The minimum Gasteiger partial charge on any atom is -0.441 e. The normalized spacial score (nSPS) is 23.0. The number of nitrogens with zero attached hydrogens (tertiary/aromatic N) is 3. The maximum Gasteiger partial charge on any atom is 0.191 e. The molecule has 1 aliphatic heterocycles. The van der Waals surface area contributed by atoms with E-state index >= 15 is 0 Å². The van der Waals surface area contributed by atoms with Crippen LogP contribution in [0.25, 0.3) is 22.1 Å². The van der Waals surface area contributed by atoms with Gasteiger partial charge in [-0.3, -0.25) is 4.90 Å². The molecule has 5 rings (SSSR count). The van der Waals surface area contributed by atoms with Gasteiger partial charge < -0.3 is 14.5 Å². The molecule has 3 heterocycles. The van der Waals surface area contributed by atoms with Gasteiger partial charge in [-0.25, -0.2) is 9.97 Å². The summed E-state index contributed by atoms with van der Waals surface area (Å²) in [6, 6.07) is 9.19. The van der Waals surface area contributed by atoms with Crippen LogP contribution in [-0.2, 0) is 4.74 Å². The summed E-state index contributed by atoms with van der Waals surface area (Å²) in [4.78, 5) is 11.5. The molecular weight excluding hydrogens is 376 g/mol. The van der Waals surface area contributed by atoms with Crippen molar-refractivity contribution in [1.29, 1.82) is 0 Å². The van der Waals surface area contributed by atoms with E-state index in [1.807, 2.05) is 13.1 Å². The largest absolute Gasteiger partial charge is 0.441 e. The average molecular weight is 407 g/mol. The summed E-state index contributed by atoms with van der Waals surface area (Å²) >= 11 is 0. The minimum atomic E-state index is 0.686. The van der Waals surface area contributed by atoms with Crippen LogP contribution in [0, 0.1) is 12.8 Å². The third-order valence-corrected chi connectivity index (χ3v) is 6.58. The first-order chi connectivity index (χ1) is 14.7. The number of rotatable bonds is 5. The Kier molecular flexibility index (Phi) is 5.69. The Bertz CT molecular complexity index is 988. The van der Waals surface area contributed by atoms with E-state index in [1.165, 1.54) is 25.7 Å². The molecule has 1 N–H and O–H groups in total. The molecule has 1 saturated carbocycles. The van der Waals surface area contributed by atoms with Crippen molar-refractivity contribution in [3.8, 4) is 11.3 Å². The van der Waals surface area contributed by atoms with Crippen molar-refractivity contribution in [2.45, 2.75) is 38.6 Å². The summed E-state index contributed by atoms with van der Waals surface area (Å²) < 4.78 is 11.2. The second kappa shape index (κ2) is 8.74. The van der Waals surface area contributed by atoms with Crippen molar-refractivity contribution in [3.05, 3.63) is 42.5 Å². The number of pyridine rings is 1. The van der Waals surface area contributed by atoms with E-state index in [0.29, 0.717) is 5.89 Å². The highest BCUT2D eigenvalue weighted by Crippen LogP contribution is 2.29. The summed E-state index contributed by atoms with van der Waals surface area (Å²) in [5.41, 5.74) is 1.04. The lowest BCUT2D eigenvalue weighted by Crippen LogP contribution is -2.45. The standard InChI is InChI=1S/C24H30N4O2/c1-17-25-16-23(30-17)19-4-5-20-15-27-24(13-21(20)12-19)26-14-18-2-6-22(7-3-18)28-8-10-29-11-9-28/h4-5,12-13,15-16,18,22H,2-3,6-11,14H2,1H3,(H,26,27). The van der Waals surface area contributed by atoms with Crippen LogP contribution in [0.1, 0.15) is 31.6 Å². The molecule has 0 amide bonds. The highest BCUT2D eigenvalue weighted by atomic mass is 16.5. The van der Waals surface area contributed by atoms with Crippen LogP contribution < -0.4 is 5.32 Å². The summed E-state index contributed by atoms with van der Waals surface area (Å²) in [5.74, 6) is 3.16. The van der Waals surface area contributed by atoms with E-state index in [2.05, 4.69) is 44.5 Å². The van der Waals surface area contributed by atoms with Gasteiger partial charge in [0, 0.05) is 49.7 Å². The molecular formula is C24H30N4O2. The lowest BCUT2D eigenvalue weighted by Gasteiger charge is -2.38. The number of morpholine rings is 1. The van der Waals surface area contributed by atoms with Crippen molar-refractivity contribution in [2.75, 3.05) is 38.2 Å². The number of hydrogen-bond acceptors (Lipinski definition) is 6. The van der Waals surface area contributed by atoms with E-state index in [-0.39, 0.29) is 0 Å². The highest BCUT2D eigenvalue weighted by molar-refractivity contribution is 5.87. The molecule has 0 unspecified atom stereocenters. The van der Waals surface area contributed by atoms with Crippen molar-refractivity contribution < 1.29 is 9.15 Å². The maximum atomic E-state index is 5.68. The molecule has 2 aromatic heterocycles. The fourth-order valence-corrected chi connectivity index (χ4v) is 4.79. The van der Waals surface area contributed by atoms with E-state index in [1.54, 1.807) is 6.20 Å². The zero-order valence-electron chi connectivity index (χ0n) is 17.6. The number of aryl methyl sites for hydroxylation is 1. The molecule has 2 fully saturated rings. The predicted octanol–water partition coefficient (Wildman–Crippen LogP) is 4.50. The third-order valence-electron chi connectivity index (χ3n) is 6.58. The average Bonchev–Trinajstić information content (AvgIpc) is 3.24. The Morgan fingerprint density at radius 2 is 1.83 bits per heavy atom. The van der Waals surface area contributed by atoms with Crippen molar-refractivity contribution in [1.82, 2.24) is 14.9 Å². The fraction of sp³-hybridized carbons (Fsp3) is 0.500. The van der Waals surface area contributed by atoms with Crippen LogP contribution >= 0.6 is 0 Å². The third kappa shape index (κ3) is 4.35. The molecule has 6 nitrogen and oxygen atoms in total. The molecule has 1 saturated heterocycles. The molecule has 0 atom stereocenters. The monoisotopic (exact) mass is 406 g/mol. The lowest BCUT2D eigenvalue weighted by atomic mass is 9.85. The molecule has 158 valence electrons. The van der Waals surface area contributed by atoms with Crippen LogP contribution in [0.4, 0.5) is 5.82 Å². The zero-order chi connectivity index (χ0) is 20.3. The van der Waals surface area contributed by atoms with Gasteiger partial charge >= 0.3 is 0 Å². The number of anilines is 1. The molecule has 6 heteroatoms. The maximum absolute atomic E-state index is 5.68. The lowest BCUT2D eigenvalue weighted by molar-refractivity contribution is 0.00539. The van der Waals surface area contributed by atoms with Crippen LogP contribution in [0.3, 0.4) is 0 Å². The first-order valence-electron chi connectivity index (χ1n) is 11.1. The SMILES string of the molecule is Cc1ncc(-c2ccc3cnc(NCC4CCC(N5CCOCC5)CC4)cc3c2)o1. The number of ether oxygens (including phenoxy) is 1. The Hall–Kier alpha value is -2.44. The molecule has 1 aromatic carbocycles. The number of oxazole rings is 1. The van der Waals surface area contributed by atoms with Crippen LogP contribution in [0.5, 0.6) is 0 Å². The first kappa shape index (κ1) is 19.5. The van der Waals surface area contributed by atoms with Gasteiger partial charge in [0.15, 0.2) is 11.7 Å². The van der Waals surface area contributed by atoms with Gasteiger partial charge in [0.1, 0.15) is 5.82 Å². The predicted molar refractivity (Wildman–Crippen MR) is 119 cm³/mol. The molecule has 3 aromatic rings. The van der Waals surface area contributed by atoms with Crippen molar-refractivity contribution in [2.24, 2.45) is 5.92 Å². The summed E-state index contributed by atoms with van der Waals surface area (Å²) in [6.45, 7) is 6.86. The van der Waals surface area contributed by atoms with Crippen LogP contribution in [-0.4, -0.2) is 53.8 Å². The molecule has 30 heavy (non-hydrogen) atoms. The van der Waals surface area contributed by atoms with Crippen LogP contribution in [0.2, 0.25) is 0 Å². The fourth-order valence-electron chi connectivity index (χ4n) is 4.79. The number of fused-ring (bicyclic) bond motifs is 1. The Morgan fingerprint density at radius 1 is 1.00 bits per heavy atom. The summed E-state index contributed by atoms with van der Waals surface area (Å²) in [6.07, 6.45) is 8.91. The second-order valence-corrected chi connectivity index (χ2v) is 8.58. The number of hydrogen-bond donors (Lipinski definition) is 1. The Balaban J connectivity index is 1.19. The number of aromatic nitrogens is 2. The van der Waals surface area contributed by atoms with Gasteiger partial charge in [-0.05, 0) is 49.1 Å². The summed E-state index contributed by atoms with van der Waals surface area (Å²) in [5, 5.41) is 5.88. The van der Waals surface area contributed by atoms with Gasteiger partial charge in [0.25, 0.3) is 0 Å². The van der Waals surface area contributed by atoms with E-state index in [0.717, 1.165) is 72.7 Å². The zero-order valence-corrected chi connectivity index (χ0v) is 17.6. The van der Waals surface area contributed by atoms with Gasteiger partial charge in [-0.1, -0.05) is 12.1 Å². The molecule has 1 aliphatic carbocycles. The van der Waals surface area contributed by atoms with Crippen LogP contribution in [0.15, 0.2) is 41.1 Å². The Morgan fingerprint density at radius 3 is 2.60 bits per heavy atom. The minimum absolute atomic E-state index is 0.686. The Labute approximate surface area is 177 Å². The van der Waals surface area contributed by atoms with E-state index < -0.39 is 0 Å². The second-order valence-electron chi connectivity index (χ2n) is 8.58. The van der Waals surface area contributed by atoms with Gasteiger partial charge in [-0.15, -0.1) is 0 Å². The smallest absolute Gasteiger partial charge is 0.191 e. The topological polar surface area (TPSA) is 63.4 Å². The van der Waals surface area contributed by atoms with Gasteiger partial charge in [0.2, 0.25) is 0 Å².